The molecule has 1 amide bonds. The number of anilines is 1. The van der Waals surface area contributed by atoms with Crippen molar-refractivity contribution in [1.29, 1.82) is 0 Å². The highest BCUT2D eigenvalue weighted by molar-refractivity contribution is 7.89. The molecule has 10 nitrogen and oxygen atoms in total. The summed E-state index contributed by atoms with van der Waals surface area (Å²) in [6, 6.07) is 6.14. The minimum Gasteiger partial charge on any atom is -0.295 e. The van der Waals surface area contributed by atoms with E-state index >= 15 is 0 Å². The second-order valence-corrected chi connectivity index (χ2v) is 8.43. The van der Waals surface area contributed by atoms with E-state index in [4.69, 9.17) is 5.14 Å². The Morgan fingerprint density at radius 3 is 2.70 bits per heavy atom. The zero-order valence-corrected chi connectivity index (χ0v) is 15.8. The summed E-state index contributed by atoms with van der Waals surface area (Å²) < 4.78 is 25.0. The van der Waals surface area contributed by atoms with Gasteiger partial charge in [-0.15, -0.1) is 5.10 Å². The van der Waals surface area contributed by atoms with Gasteiger partial charge < -0.3 is 0 Å². The first-order valence-electron chi connectivity index (χ1n) is 7.66. The summed E-state index contributed by atoms with van der Waals surface area (Å²) in [5.41, 5.74) is 2.12. The molecule has 0 aliphatic carbocycles. The molecule has 0 aliphatic heterocycles. The first-order chi connectivity index (χ1) is 12.7. The van der Waals surface area contributed by atoms with Crippen molar-refractivity contribution in [2.75, 3.05) is 5.32 Å². The van der Waals surface area contributed by atoms with Gasteiger partial charge in [-0.25, -0.2) is 28.0 Å². The molecule has 4 rings (SSSR count). The summed E-state index contributed by atoms with van der Waals surface area (Å²) in [4.78, 5) is 25.1. The summed E-state index contributed by atoms with van der Waals surface area (Å²) in [6.07, 6.45) is 0. The van der Waals surface area contributed by atoms with Gasteiger partial charge in [0.15, 0.2) is 5.13 Å². The Morgan fingerprint density at radius 2 is 1.96 bits per heavy atom. The van der Waals surface area contributed by atoms with Crippen molar-refractivity contribution in [2.24, 2.45) is 5.14 Å². The third-order valence-corrected chi connectivity index (χ3v) is 5.57. The van der Waals surface area contributed by atoms with Crippen molar-refractivity contribution in [3.05, 3.63) is 41.5 Å². The van der Waals surface area contributed by atoms with Crippen LogP contribution < -0.4 is 10.5 Å². The van der Waals surface area contributed by atoms with E-state index in [0.717, 1.165) is 22.7 Å². The maximum atomic E-state index is 12.5. The van der Waals surface area contributed by atoms with Gasteiger partial charge in [-0.2, -0.15) is 4.98 Å². The van der Waals surface area contributed by atoms with E-state index in [0.29, 0.717) is 21.1 Å². The van der Waals surface area contributed by atoms with Crippen molar-refractivity contribution >= 4 is 48.4 Å². The molecule has 1 aromatic carbocycles. The lowest BCUT2D eigenvalue weighted by atomic mass is 10.3. The number of aryl methyl sites for hydroxylation is 2. The molecular weight excluding hydrogens is 390 g/mol. The van der Waals surface area contributed by atoms with Crippen molar-refractivity contribution in [3.8, 4) is 0 Å². The van der Waals surface area contributed by atoms with Crippen molar-refractivity contribution in [2.45, 2.75) is 18.7 Å². The Labute approximate surface area is 157 Å². The van der Waals surface area contributed by atoms with Crippen LogP contribution in [0.15, 0.2) is 29.2 Å². The number of amides is 1. The first-order valence-corrected chi connectivity index (χ1v) is 10.0. The molecule has 0 unspecified atom stereocenters. The number of nitrogens with one attached hydrogen (secondary N) is 1. The third-order valence-electron chi connectivity index (χ3n) is 3.73. The van der Waals surface area contributed by atoms with Crippen LogP contribution in [0.3, 0.4) is 0 Å². The number of nitrogens with two attached hydrogens (primary N) is 1. The number of benzene rings is 1. The standard InChI is InChI=1S/C15H13N7O3S2/c1-7-5-8(2)22-14(17-7)19-12(21-22)13(23)20-15-18-10-4-3-9(27(16,24)25)6-11(10)26-15/h3-6H,1-2H3,(H2,16,24,25)(H,18,20,23). The largest absolute Gasteiger partial charge is 0.297 e. The molecule has 3 aromatic heterocycles. The molecule has 0 radical (unpaired) electrons. The maximum absolute atomic E-state index is 12.5. The quantitative estimate of drug-likeness (QED) is 0.523. The molecule has 27 heavy (non-hydrogen) atoms. The highest BCUT2D eigenvalue weighted by Gasteiger charge is 2.17. The number of carbonyl (C=O) groups is 1. The average Bonchev–Trinajstić information content (AvgIpc) is 3.16. The number of aromatic nitrogens is 5. The number of nitrogens with zero attached hydrogens (tertiary/aromatic N) is 5. The van der Waals surface area contributed by atoms with Crippen molar-refractivity contribution < 1.29 is 13.2 Å². The van der Waals surface area contributed by atoms with Crippen LogP contribution >= 0.6 is 11.3 Å². The lowest BCUT2D eigenvalue weighted by Gasteiger charge is -1.97. The van der Waals surface area contributed by atoms with E-state index in [-0.39, 0.29) is 10.7 Å². The molecule has 0 saturated heterocycles. The topological polar surface area (TPSA) is 145 Å². The predicted octanol–water partition coefficient (Wildman–Crippen LogP) is 1.25. The molecular formula is C15H13N7O3S2. The second-order valence-electron chi connectivity index (χ2n) is 5.83. The minimum absolute atomic E-state index is 0.0181. The van der Waals surface area contributed by atoms with Gasteiger partial charge in [-0.05, 0) is 38.1 Å². The van der Waals surface area contributed by atoms with E-state index in [1.165, 1.54) is 22.7 Å². The summed E-state index contributed by atoms with van der Waals surface area (Å²) in [5, 5.41) is 12.2. The van der Waals surface area contributed by atoms with Gasteiger partial charge in [0, 0.05) is 11.4 Å². The number of thiazole rings is 1. The molecule has 3 heterocycles. The van der Waals surface area contributed by atoms with Crippen LogP contribution in [0, 0.1) is 13.8 Å². The summed E-state index contributed by atoms with van der Waals surface area (Å²) in [6.45, 7) is 3.67. The summed E-state index contributed by atoms with van der Waals surface area (Å²) in [7, 11) is -3.81. The molecule has 138 valence electrons. The zero-order valence-electron chi connectivity index (χ0n) is 14.2. The lowest BCUT2D eigenvalue weighted by Crippen LogP contribution is -2.13. The average molecular weight is 403 g/mol. The second kappa shape index (κ2) is 6.04. The summed E-state index contributed by atoms with van der Waals surface area (Å²) in [5.74, 6) is -0.247. The van der Waals surface area contributed by atoms with Crippen molar-refractivity contribution in [3.63, 3.8) is 0 Å². The van der Waals surface area contributed by atoms with Crippen LogP contribution in [-0.4, -0.2) is 38.9 Å². The van der Waals surface area contributed by atoms with Gasteiger partial charge in [-0.3, -0.25) is 10.1 Å². The SMILES string of the molecule is Cc1cc(C)n2nc(C(=O)Nc3nc4ccc(S(N)(=O)=O)cc4s3)nc2n1. The monoisotopic (exact) mass is 403 g/mol. The molecule has 0 spiro atoms. The number of primary sulfonamides is 1. The predicted molar refractivity (Wildman–Crippen MR) is 99.2 cm³/mol. The first kappa shape index (κ1) is 17.5. The van der Waals surface area contributed by atoms with Gasteiger partial charge in [0.05, 0.1) is 15.1 Å². The van der Waals surface area contributed by atoms with E-state index in [1.807, 2.05) is 19.9 Å². The molecule has 0 bridgehead atoms. The fourth-order valence-corrected chi connectivity index (χ4v) is 4.07. The highest BCUT2D eigenvalue weighted by Crippen LogP contribution is 2.28. The van der Waals surface area contributed by atoms with Gasteiger partial charge in [-0.1, -0.05) is 11.3 Å². The lowest BCUT2D eigenvalue weighted by molar-refractivity contribution is 0.101. The number of rotatable bonds is 3. The number of hydrogen-bond donors (Lipinski definition) is 2. The van der Waals surface area contributed by atoms with Crippen LogP contribution in [0.1, 0.15) is 22.0 Å². The number of sulfonamides is 1. The molecule has 0 atom stereocenters. The maximum Gasteiger partial charge on any atom is 0.297 e. The van der Waals surface area contributed by atoms with Gasteiger partial charge in [0.25, 0.3) is 11.7 Å². The minimum atomic E-state index is -3.81. The third kappa shape index (κ3) is 3.25. The normalized spacial score (nSPS) is 12.0. The number of fused-ring (bicyclic) bond motifs is 2. The zero-order chi connectivity index (χ0) is 19.3. The Morgan fingerprint density at radius 1 is 1.19 bits per heavy atom. The van der Waals surface area contributed by atoms with Crippen LogP contribution in [0.5, 0.6) is 0 Å². The van der Waals surface area contributed by atoms with Crippen molar-refractivity contribution in [1.82, 2.24) is 24.6 Å². The van der Waals surface area contributed by atoms with E-state index < -0.39 is 15.9 Å². The summed E-state index contributed by atoms with van der Waals surface area (Å²) >= 11 is 1.12. The number of carbonyl (C=O) groups excluding carboxylic acids is 1. The fourth-order valence-electron chi connectivity index (χ4n) is 2.55. The van der Waals surface area contributed by atoms with Gasteiger partial charge >= 0.3 is 0 Å². The van der Waals surface area contributed by atoms with E-state index in [2.05, 4.69) is 25.4 Å². The van der Waals surface area contributed by atoms with Crippen LogP contribution in [0.4, 0.5) is 5.13 Å². The smallest absolute Gasteiger partial charge is 0.295 e. The molecule has 0 fully saturated rings. The molecule has 0 aliphatic rings. The molecule has 12 heteroatoms. The van der Waals surface area contributed by atoms with Crippen LogP contribution in [0.2, 0.25) is 0 Å². The molecule has 4 aromatic rings. The fraction of sp³-hybridized carbons (Fsp3) is 0.133. The van der Waals surface area contributed by atoms with E-state index in [9.17, 15) is 13.2 Å². The highest BCUT2D eigenvalue weighted by atomic mass is 32.2. The Hall–Kier alpha value is -2.96. The molecule has 3 N–H and O–H groups in total. The molecule has 0 saturated carbocycles. The van der Waals surface area contributed by atoms with Crippen LogP contribution in [-0.2, 0) is 10.0 Å². The van der Waals surface area contributed by atoms with Gasteiger partial charge in [0.2, 0.25) is 15.8 Å². The van der Waals surface area contributed by atoms with E-state index in [1.54, 1.807) is 0 Å². The van der Waals surface area contributed by atoms with Crippen LogP contribution in [0.25, 0.3) is 16.0 Å². The van der Waals surface area contributed by atoms with Gasteiger partial charge in [0.1, 0.15) is 0 Å². The Bertz CT molecular complexity index is 1320. The Kier molecular flexibility index (Phi) is 3.91. The Balaban J connectivity index is 1.65. The number of hydrogen-bond acceptors (Lipinski definition) is 8.